The van der Waals surface area contributed by atoms with Crippen molar-refractivity contribution in [1.29, 1.82) is 0 Å². The zero-order valence-electron chi connectivity index (χ0n) is 11.5. The zero-order valence-corrected chi connectivity index (χ0v) is 12.2. The van der Waals surface area contributed by atoms with Crippen molar-refractivity contribution in [2.75, 3.05) is 26.7 Å². The molecule has 0 aliphatic carbocycles. The van der Waals surface area contributed by atoms with Gasteiger partial charge in [-0.15, -0.1) is 0 Å². The molecule has 0 amide bonds. The molecule has 0 radical (unpaired) electrons. The molecule has 1 saturated heterocycles. The summed E-state index contributed by atoms with van der Waals surface area (Å²) in [6.45, 7) is 5.36. The van der Waals surface area contributed by atoms with Crippen molar-refractivity contribution >= 4 is 11.6 Å². The van der Waals surface area contributed by atoms with Gasteiger partial charge in [0.15, 0.2) is 0 Å². The highest BCUT2D eigenvalue weighted by atomic mass is 35.5. The van der Waals surface area contributed by atoms with Crippen LogP contribution in [-0.2, 0) is 7.05 Å². The van der Waals surface area contributed by atoms with E-state index in [2.05, 4.69) is 29.2 Å². The fourth-order valence-electron chi connectivity index (χ4n) is 2.89. The van der Waals surface area contributed by atoms with Gasteiger partial charge >= 0.3 is 0 Å². The van der Waals surface area contributed by atoms with Crippen molar-refractivity contribution in [1.82, 2.24) is 19.8 Å². The maximum atomic E-state index is 6.11. The lowest BCUT2D eigenvalue weighted by Crippen LogP contribution is -2.41. The Morgan fingerprint density at radius 1 is 1.50 bits per heavy atom. The van der Waals surface area contributed by atoms with Crippen LogP contribution in [0.1, 0.15) is 31.6 Å². The number of piperidine rings is 1. The summed E-state index contributed by atoms with van der Waals surface area (Å²) in [6, 6.07) is 0.371. The molecule has 2 heterocycles. The highest BCUT2D eigenvalue weighted by Crippen LogP contribution is 2.34. The molecule has 2 rings (SSSR count). The van der Waals surface area contributed by atoms with Gasteiger partial charge in [0.2, 0.25) is 0 Å². The Morgan fingerprint density at radius 2 is 2.28 bits per heavy atom. The maximum Gasteiger partial charge on any atom is 0.128 e. The average Bonchev–Trinajstić information content (AvgIpc) is 2.68. The monoisotopic (exact) mass is 270 g/mol. The van der Waals surface area contributed by atoms with Crippen LogP contribution in [0.3, 0.4) is 0 Å². The van der Waals surface area contributed by atoms with E-state index in [1.807, 2.05) is 11.6 Å². The largest absolute Gasteiger partial charge is 0.321 e. The molecule has 0 aromatic carbocycles. The SMILES string of the molecule is CCNCC1CCCN(C)C1c1ncc(Cl)n1C. The van der Waals surface area contributed by atoms with E-state index < -0.39 is 0 Å². The van der Waals surface area contributed by atoms with Crippen molar-refractivity contribution in [3.63, 3.8) is 0 Å². The van der Waals surface area contributed by atoms with E-state index >= 15 is 0 Å². The molecule has 1 N–H and O–H groups in total. The van der Waals surface area contributed by atoms with Gasteiger partial charge in [-0.2, -0.15) is 0 Å². The first kappa shape index (κ1) is 13.8. The van der Waals surface area contributed by atoms with Crippen LogP contribution in [0.2, 0.25) is 5.15 Å². The topological polar surface area (TPSA) is 33.1 Å². The number of hydrogen-bond acceptors (Lipinski definition) is 3. The molecule has 18 heavy (non-hydrogen) atoms. The number of nitrogens with one attached hydrogen (secondary N) is 1. The van der Waals surface area contributed by atoms with Crippen molar-refractivity contribution in [2.45, 2.75) is 25.8 Å². The first-order chi connectivity index (χ1) is 8.65. The van der Waals surface area contributed by atoms with E-state index in [9.17, 15) is 0 Å². The second-order valence-corrected chi connectivity index (χ2v) is 5.52. The van der Waals surface area contributed by atoms with Crippen molar-refractivity contribution in [3.05, 3.63) is 17.2 Å². The predicted molar refractivity (Wildman–Crippen MR) is 74.9 cm³/mol. The van der Waals surface area contributed by atoms with Gasteiger partial charge in [-0.3, -0.25) is 4.90 Å². The summed E-state index contributed by atoms with van der Waals surface area (Å²) in [5, 5.41) is 4.18. The van der Waals surface area contributed by atoms with Crippen LogP contribution < -0.4 is 5.32 Å². The summed E-state index contributed by atoms with van der Waals surface area (Å²) in [7, 11) is 4.18. The van der Waals surface area contributed by atoms with Crippen molar-refractivity contribution < 1.29 is 0 Å². The Morgan fingerprint density at radius 3 is 2.89 bits per heavy atom. The molecular formula is C13H23ClN4. The van der Waals surface area contributed by atoms with Crippen LogP contribution in [0.25, 0.3) is 0 Å². The second-order valence-electron chi connectivity index (χ2n) is 5.13. The van der Waals surface area contributed by atoms with Crippen molar-refractivity contribution in [3.8, 4) is 0 Å². The Balaban J connectivity index is 2.21. The minimum atomic E-state index is 0.371. The highest BCUT2D eigenvalue weighted by molar-refractivity contribution is 6.29. The molecule has 2 atom stereocenters. The number of nitrogens with zero attached hydrogens (tertiary/aromatic N) is 3. The molecule has 1 fully saturated rings. The normalized spacial score (nSPS) is 25.6. The third-order valence-corrected chi connectivity index (χ3v) is 4.25. The Labute approximate surface area is 114 Å². The first-order valence-corrected chi connectivity index (χ1v) is 7.11. The average molecular weight is 271 g/mol. The lowest BCUT2D eigenvalue weighted by Gasteiger charge is -2.38. The molecule has 2 unspecified atom stereocenters. The van der Waals surface area contributed by atoms with Crippen LogP contribution in [-0.4, -0.2) is 41.1 Å². The summed E-state index contributed by atoms with van der Waals surface area (Å²) >= 11 is 6.11. The molecule has 1 aromatic rings. The van der Waals surface area contributed by atoms with Crippen LogP contribution >= 0.6 is 11.6 Å². The van der Waals surface area contributed by atoms with E-state index in [-0.39, 0.29) is 0 Å². The summed E-state index contributed by atoms with van der Waals surface area (Å²) in [5.74, 6) is 1.70. The maximum absolute atomic E-state index is 6.11. The lowest BCUT2D eigenvalue weighted by molar-refractivity contribution is 0.111. The molecule has 0 bridgehead atoms. The minimum absolute atomic E-state index is 0.371. The minimum Gasteiger partial charge on any atom is -0.321 e. The van der Waals surface area contributed by atoms with Gasteiger partial charge in [0.1, 0.15) is 11.0 Å². The molecule has 4 nitrogen and oxygen atoms in total. The number of halogens is 1. The molecule has 0 saturated carbocycles. The van der Waals surface area contributed by atoms with Gasteiger partial charge in [-0.1, -0.05) is 18.5 Å². The fraction of sp³-hybridized carbons (Fsp3) is 0.769. The van der Waals surface area contributed by atoms with E-state index in [0.29, 0.717) is 17.1 Å². The molecule has 102 valence electrons. The smallest absolute Gasteiger partial charge is 0.128 e. The van der Waals surface area contributed by atoms with Crippen LogP contribution in [0.5, 0.6) is 0 Å². The fourth-order valence-corrected chi connectivity index (χ4v) is 3.02. The van der Waals surface area contributed by atoms with E-state index in [1.54, 1.807) is 6.20 Å². The molecular weight excluding hydrogens is 248 g/mol. The number of aromatic nitrogens is 2. The quantitative estimate of drug-likeness (QED) is 0.909. The van der Waals surface area contributed by atoms with Crippen LogP contribution in [0.4, 0.5) is 0 Å². The van der Waals surface area contributed by atoms with E-state index in [0.717, 1.165) is 25.5 Å². The van der Waals surface area contributed by atoms with E-state index in [4.69, 9.17) is 11.6 Å². The number of hydrogen-bond donors (Lipinski definition) is 1. The lowest BCUT2D eigenvalue weighted by atomic mass is 9.88. The van der Waals surface area contributed by atoms with Gasteiger partial charge in [0.05, 0.1) is 12.2 Å². The molecule has 5 heteroatoms. The standard InChI is InChI=1S/C13H23ClN4/c1-4-15-8-10-6-5-7-17(2)12(10)13-16-9-11(14)18(13)3/h9-10,12,15H,4-8H2,1-3H3. The number of imidazole rings is 1. The highest BCUT2D eigenvalue weighted by Gasteiger charge is 2.33. The Bertz CT molecular complexity index is 390. The van der Waals surface area contributed by atoms with E-state index in [1.165, 1.54) is 12.8 Å². The second kappa shape index (κ2) is 6.04. The predicted octanol–water partition coefficient (Wildman–Crippen LogP) is 2.07. The summed E-state index contributed by atoms with van der Waals surface area (Å²) in [5.41, 5.74) is 0. The third-order valence-electron chi connectivity index (χ3n) is 3.90. The molecule has 1 aliphatic heterocycles. The van der Waals surface area contributed by atoms with Gasteiger partial charge in [0.25, 0.3) is 0 Å². The van der Waals surface area contributed by atoms with Gasteiger partial charge in [0, 0.05) is 7.05 Å². The zero-order chi connectivity index (χ0) is 13.1. The van der Waals surface area contributed by atoms with Gasteiger partial charge in [-0.05, 0) is 45.4 Å². The summed E-state index contributed by atoms with van der Waals surface area (Å²) in [4.78, 5) is 6.92. The Kier molecular flexibility index (Phi) is 4.65. The summed E-state index contributed by atoms with van der Waals surface area (Å²) < 4.78 is 2.01. The van der Waals surface area contributed by atoms with Crippen LogP contribution in [0, 0.1) is 5.92 Å². The van der Waals surface area contributed by atoms with Gasteiger partial charge in [-0.25, -0.2) is 4.98 Å². The third kappa shape index (κ3) is 2.71. The van der Waals surface area contributed by atoms with Crippen molar-refractivity contribution in [2.24, 2.45) is 13.0 Å². The number of rotatable bonds is 4. The molecule has 1 aromatic heterocycles. The molecule has 0 spiro atoms. The number of likely N-dealkylation sites (tertiary alicyclic amines) is 1. The molecule has 1 aliphatic rings. The van der Waals surface area contributed by atoms with Gasteiger partial charge < -0.3 is 9.88 Å². The first-order valence-electron chi connectivity index (χ1n) is 6.73. The Hall–Kier alpha value is -0.580. The van der Waals surface area contributed by atoms with Crippen LogP contribution in [0.15, 0.2) is 6.20 Å². The summed E-state index contributed by atoms with van der Waals surface area (Å²) in [6.07, 6.45) is 4.28.